The minimum atomic E-state index is -1.60. The van der Waals surface area contributed by atoms with Crippen molar-refractivity contribution in [2.24, 2.45) is 10.7 Å². The maximum Gasteiger partial charge on any atom is 0.197 e. The molecule has 1 unspecified atom stereocenters. The van der Waals surface area contributed by atoms with Gasteiger partial charge in [0.15, 0.2) is 16.8 Å². The Labute approximate surface area is 96.8 Å². The van der Waals surface area contributed by atoms with Crippen LogP contribution in [0.4, 0.5) is 10.1 Å². The Morgan fingerprint density at radius 2 is 2.19 bits per heavy atom. The highest BCUT2D eigenvalue weighted by molar-refractivity contribution is 6.64. The van der Waals surface area contributed by atoms with Gasteiger partial charge in [0.2, 0.25) is 0 Å². The molecule has 0 aliphatic carbocycles. The second-order valence-corrected chi connectivity index (χ2v) is 3.79. The van der Waals surface area contributed by atoms with Crippen molar-refractivity contribution >= 4 is 22.6 Å². The number of nitrogens with one attached hydrogen (secondary N) is 1. The zero-order valence-corrected chi connectivity index (χ0v) is 9.00. The van der Waals surface area contributed by atoms with Crippen LogP contribution in [0.25, 0.3) is 0 Å². The molecule has 0 bridgehead atoms. The van der Waals surface area contributed by atoms with Gasteiger partial charge in [0, 0.05) is 17.5 Å². The Morgan fingerprint density at radius 3 is 2.88 bits per heavy atom. The monoisotopic (exact) mass is 240 g/mol. The van der Waals surface area contributed by atoms with Gasteiger partial charge in [0.05, 0.1) is 0 Å². The van der Waals surface area contributed by atoms with Gasteiger partial charge in [-0.1, -0.05) is 12.1 Å². The van der Waals surface area contributed by atoms with Crippen molar-refractivity contribution in [3.05, 3.63) is 41.9 Å². The van der Waals surface area contributed by atoms with Crippen molar-refractivity contribution in [3.63, 3.8) is 0 Å². The molecule has 0 fully saturated rings. The van der Waals surface area contributed by atoms with Crippen LogP contribution in [-0.2, 0) is 5.66 Å². The molecule has 5 N–H and O–H groups in total. The summed E-state index contributed by atoms with van der Waals surface area (Å²) in [5.41, 5.74) is 10.8. The maximum absolute atomic E-state index is 13.7. The van der Waals surface area contributed by atoms with Gasteiger partial charge in [-0.2, -0.15) is 0 Å². The van der Waals surface area contributed by atoms with E-state index >= 15 is 0 Å². The largest absolute Gasteiger partial charge is 0.399 e. The van der Waals surface area contributed by atoms with Crippen LogP contribution in [0.15, 0.2) is 41.3 Å². The van der Waals surface area contributed by atoms with Crippen molar-refractivity contribution in [1.29, 1.82) is 0 Å². The quantitative estimate of drug-likeness (QED) is 0.513. The lowest BCUT2D eigenvalue weighted by Gasteiger charge is -2.27. The molecule has 0 spiro atoms. The molecule has 2 rings (SSSR count). The van der Waals surface area contributed by atoms with Crippen molar-refractivity contribution in [2.45, 2.75) is 5.66 Å². The number of nitrogens with zero attached hydrogens (tertiary/aromatic N) is 1. The summed E-state index contributed by atoms with van der Waals surface area (Å²) in [6.45, 7) is 0. The van der Waals surface area contributed by atoms with Crippen molar-refractivity contribution in [1.82, 2.24) is 5.32 Å². The van der Waals surface area contributed by atoms with Gasteiger partial charge >= 0.3 is 0 Å². The van der Waals surface area contributed by atoms with Gasteiger partial charge in [-0.15, -0.1) is 0 Å². The lowest BCUT2D eigenvalue weighted by atomic mass is 9.98. The fourth-order valence-electron chi connectivity index (χ4n) is 1.45. The smallest absolute Gasteiger partial charge is 0.197 e. The average molecular weight is 241 g/mol. The summed E-state index contributed by atoms with van der Waals surface area (Å²) in [7, 11) is 0. The van der Waals surface area contributed by atoms with Crippen LogP contribution in [0.3, 0.4) is 0 Å². The average Bonchev–Trinajstić information content (AvgIpc) is 2.24. The van der Waals surface area contributed by atoms with E-state index in [9.17, 15) is 4.39 Å². The molecule has 0 saturated carbocycles. The van der Waals surface area contributed by atoms with Crippen LogP contribution in [-0.4, -0.2) is 5.29 Å². The first-order valence-corrected chi connectivity index (χ1v) is 4.93. The van der Waals surface area contributed by atoms with E-state index in [1.54, 1.807) is 24.3 Å². The first-order chi connectivity index (χ1) is 7.52. The molecule has 1 heterocycles. The van der Waals surface area contributed by atoms with Crippen LogP contribution in [0.1, 0.15) is 5.56 Å². The SMILES string of the molecule is Nc1cccc(C2(N)N=C(Cl)NC=C2F)c1. The Morgan fingerprint density at radius 1 is 1.44 bits per heavy atom. The highest BCUT2D eigenvalue weighted by Crippen LogP contribution is 2.32. The molecular weight excluding hydrogens is 231 g/mol. The van der Waals surface area contributed by atoms with Gasteiger partial charge in [-0.3, -0.25) is 5.73 Å². The summed E-state index contributed by atoms with van der Waals surface area (Å²) in [5.74, 6) is -0.623. The van der Waals surface area contributed by atoms with Gasteiger partial charge < -0.3 is 11.1 Å². The molecule has 1 aromatic carbocycles. The van der Waals surface area contributed by atoms with Crippen LogP contribution in [0.5, 0.6) is 0 Å². The molecule has 16 heavy (non-hydrogen) atoms. The molecule has 0 saturated heterocycles. The highest BCUT2D eigenvalue weighted by Gasteiger charge is 2.35. The van der Waals surface area contributed by atoms with Crippen LogP contribution in [0, 0.1) is 0 Å². The molecule has 84 valence electrons. The molecule has 1 aliphatic rings. The first kappa shape index (κ1) is 10.9. The molecule has 1 aliphatic heterocycles. The Balaban J connectivity index is 2.52. The molecule has 1 aromatic rings. The van der Waals surface area contributed by atoms with E-state index in [0.717, 1.165) is 6.20 Å². The van der Waals surface area contributed by atoms with Gasteiger partial charge in [-0.05, 0) is 23.7 Å². The molecule has 4 nitrogen and oxygen atoms in total. The van der Waals surface area contributed by atoms with Gasteiger partial charge in [-0.25, -0.2) is 9.38 Å². The van der Waals surface area contributed by atoms with E-state index < -0.39 is 11.5 Å². The standard InChI is InChI=1S/C10H10ClFN4/c11-9-15-5-8(12)10(14,16-9)6-2-1-3-7(13)4-6/h1-5H,13-14H2,(H,15,16). The lowest BCUT2D eigenvalue weighted by Crippen LogP contribution is -2.41. The third kappa shape index (κ3) is 1.75. The number of anilines is 1. The number of nitrogens with two attached hydrogens (primary N) is 2. The molecule has 0 aromatic heterocycles. The summed E-state index contributed by atoms with van der Waals surface area (Å²) >= 11 is 5.67. The predicted octanol–water partition coefficient (Wildman–Crippen LogP) is 1.39. The topological polar surface area (TPSA) is 76.4 Å². The molecule has 0 amide bonds. The normalized spacial score (nSPS) is 24.4. The fraction of sp³-hybridized carbons (Fsp3) is 0.100. The summed E-state index contributed by atoms with van der Waals surface area (Å²) in [5, 5.41) is 2.47. The molecular formula is C10H10ClFN4. The number of hydrogen-bond acceptors (Lipinski definition) is 4. The van der Waals surface area contributed by atoms with E-state index in [0.29, 0.717) is 11.3 Å². The Hall–Kier alpha value is -1.59. The fourth-order valence-corrected chi connectivity index (χ4v) is 1.64. The zero-order valence-electron chi connectivity index (χ0n) is 8.24. The first-order valence-electron chi connectivity index (χ1n) is 4.55. The zero-order chi connectivity index (χ0) is 11.8. The van der Waals surface area contributed by atoms with E-state index in [1.165, 1.54) is 0 Å². The predicted molar refractivity (Wildman–Crippen MR) is 62.3 cm³/mol. The summed E-state index contributed by atoms with van der Waals surface area (Å²) in [4.78, 5) is 3.86. The number of nitrogen functional groups attached to an aromatic ring is 1. The Bertz CT molecular complexity index is 485. The number of amidine groups is 1. The second-order valence-electron chi connectivity index (χ2n) is 3.43. The second kappa shape index (κ2) is 3.77. The molecule has 6 heteroatoms. The summed E-state index contributed by atoms with van der Waals surface area (Å²) in [6.07, 6.45) is 1.08. The minimum absolute atomic E-state index is 0.0336. The summed E-state index contributed by atoms with van der Waals surface area (Å²) < 4.78 is 13.7. The third-order valence-corrected chi connectivity index (χ3v) is 2.48. The lowest BCUT2D eigenvalue weighted by molar-refractivity contribution is 0.413. The van der Waals surface area contributed by atoms with Crippen molar-refractivity contribution in [3.8, 4) is 0 Å². The van der Waals surface area contributed by atoms with Crippen LogP contribution >= 0.6 is 11.6 Å². The summed E-state index contributed by atoms with van der Waals surface area (Å²) in [6, 6.07) is 6.56. The van der Waals surface area contributed by atoms with Crippen molar-refractivity contribution < 1.29 is 4.39 Å². The van der Waals surface area contributed by atoms with E-state index in [1.807, 2.05) is 0 Å². The third-order valence-electron chi connectivity index (χ3n) is 2.28. The highest BCUT2D eigenvalue weighted by atomic mass is 35.5. The van der Waals surface area contributed by atoms with E-state index in [-0.39, 0.29) is 5.29 Å². The number of halogens is 2. The minimum Gasteiger partial charge on any atom is -0.399 e. The van der Waals surface area contributed by atoms with Crippen LogP contribution in [0.2, 0.25) is 0 Å². The Kier molecular flexibility index (Phi) is 2.57. The van der Waals surface area contributed by atoms with E-state index in [4.69, 9.17) is 23.1 Å². The number of rotatable bonds is 1. The maximum atomic E-state index is 13.7. The molecule has 0 radical (unpaired) electrons. The molecule has 1 atom stereocenters. The number of aliphatic imine (C=N–C) groups is 1. The van der Waals surface area contributed by atoms with Gasteiger partial charge in [0.1, 0.15) is 0 Å². The van der Waals surface area contributed by atoms with Crippen LogP contribution < -0.4 is 16.8 Å². The van der Waals surface area contributed by atoms with E-state index in [2.05, 4.69) is 10.3 Å². The van der Waals surface area contributed by atoms with Crippen molar-refractivity contribution in [2.75, 3.05) is 5.73 Å². The number of benzene rings is 1. The number of hydrogen-bond donors (Lipinski definition) is 3. The van der Waals surface area contributed by atoms with Gasteiger partial charge in [0.25, 0.3) is 0 Å².